The second-order valence-electron chi connectivity index (χ2n) is 4.90. The molecule has 0 bridgehead atoms. The third kappa shape index (κ3) is 6.16. The van der Waals surface area contributed by atoms with E-state index < -0.39 is 0 Å². The van der Waals surface area contributed by atoms with Gasteiger partial charge in [-0.15, -0.1) is 11.8 Å². The van der Waals surface area contributed by atoms with Crippen LogP contribution >= 0.6 is 24.4 Å². The normalized spacial score (nSPS) is 10.4. The highest BCUT2D eigenvalue weighted by molar-refractivity contribution is 7.99. The Hall–Kier alpha value is -1.39. The monoisotopic (exact) mass is 332 g/mol. The molecule has 2 rings (SSSR count). The maximum atomic E-state index is 11.7. The fourth-order valence-corrected chi connectivity index (χ4v) is 2.97. The van der Waals surface area contributed by atoms with Crippen LogP contribution in [-0.2, 0) is 21.9 Å². The Bertz CT molecular complexity index is 567. The molecular formula is C18H20O2S2. The molecule has 2 aromatic carbocycles. The van der Waals surface area contributed by atoms with Crippen LogP contribution in [-0.4, -0.2) is 11.7 Å². The molecule has 4 heteroatoms. The molecule has 0 aliphatic heterocycles. The van der Waals surface area contributed by atoms with Crippen molar-refractivity contribution in [3.8, 4) is 0 Å². The van der Waals surface area contributed by atoms with E-state index in [0.717, 1.165) is 23.5 Å². The fraction of sp³-hybridized carbons (Fsp3) is 0.278. The van der Waals surface area contributed by atoms with Crippen LogP contribution in [0.25, 0.3) is 0 Å². The molecule has 2 aromatic rings. The lowest BCUT2D eigenvalue weighted by Crippen LogP contribution is -2.04. The molecule has 2 nitrogen and oxygen atoms in total. The summed E-state index contributed by atoms with van der Waals surface area (Å²) < 4.78 is 5.25. The maximum absolute atomic E-state index is 11.7. The van der Waals surface area contributed by atoms with Crippen molar-refractivity contribution in [2.45, 2.75) is 30.1 Å². The number of rotatable bonds is 8. The molecule has 0 saturated carbocycles. The second kappa shape index (κ2) is 9.59. The summed E-state index contributed by atoms with van der Waals surface area (Å²) in [6.07, 6.45) is 1.29. The van der Waals surface area contributed by atoms with Crippen molar-refractivity contribution in [2.24, 2.45) is 0 Å². The third-order valence-corrected chi connectivity index (χ3v) is 4.61. The van der Waals surface area contributed by atoms with Gasteiger partial charge in [-0.2, -0.15) is 12.6 Å². The Morgan fingerprint density at radius 2 is 1.73 bits per heavy atom. The molecular weight excluding hydrogens is 312 g/mol. The van der Waals surface area contributed by atoms with E-state index in [-0.39, 0.29) is 5.97 Å². The molecule has 0 atom stereocenters. The van der Waals surface area contributed by atoms with Gasteiger partial charge in [0.2, 0.25) is 0 Å². The lowest BCUT2D eigenvalue weighted by atomic mass is 10.2. The summed E-state index contributed by atoms with van der Waals surface area (Å²) in [7, 11) is 0. The van der Waals surface area contributed by atoms with Gasteiger partial charge in [0.05, 0.1) is 0 Å². The highest BCUT2D eigenvalue weighted by Gasteiger charge is 2.03. The van der Waals surface area contributed by atoms with Crippen molar-refractivity contribution in [3.63, 3.8) is 0 Å². The zero-order valence-electron chi connectivity index (χ0n) is 12.4. The van der Waals surface area contributed by atoms with Crippen molar-refractivity contribution >= 4 is 30.4 Å². The molecule has 0 aromatic heterocycles. The van der Waals surface area contributed by atoms with E-state index in [1.807, 2.05) is 30.3 Å². The van der Waals surface area contributed by atoms with Crippen LogP contribution in [0, 0.1) is 0 Å². The topological polar surface area (TPSA) is 26.3 Å². The average molecular weight is 332 g/mol. The van der Waals surface area contributed by atoms with E-state index in [1.165, 1.54) is 10.5 Å². The van der Waals surface area contributed by atoms with E-state index in [1.54, 1.807) is 11.8 Å². The van der Waals surface area contributed by atoms with Gasteiger partial charge >= 0.3 is 5.97 Å². The summed E-state index contributed by atoms with van der Waals surface area (Å²) in [6.45, 7) is 0.359. The highest BCUT2D eigenvalue weighted by Crippen LogP contribution is 2.20. The molecule has 0 saturated heterocycles. The Morgan fingerprint density at radius 1 is 1.00 bits per heavy atom. The van der Waals surface area contributed by atoms with Gasteiger partial charge in [0, 0.05) is 17.1 Å². The number of carbonyl (C=O) groups is 1. The first-order valence-corrected chi connectivity index (χ1v) is 8.92. The first kappa shape index (κ1) is 17.0. The van der Waals surface area contributed by atoms with Crippen LogP contribution in [0.15, 0.2) is 59.5 Å². The van der Waals surface area contributed by atoms with Crippen molar-refractivity contribution < 1.29 is 9.53 Å². The van der Waals surface area contributed by atoms with Crippen LogP contribution in [0.4, 0.5) is 0 Å². The lowest BCUT2D eigenvalue weighted by molar-refractivity contribution is -0.144. The summed E-state index contributed by atoms with van der Waals surface area (Å²) in [6, 6.07) is 18.1. The first-order valence-electron chi connectivity index (χ1n) is 7.30. The molecule has 0 spiro atoms. The van der Waals surface area contributed by atoms with Gasteiger partial charge in [-0.3, -0.25) is 4.79 Å². The fourth-order valence-electron chi connectivity index (χ4n) is 1.91. The van der Waals surface area contributed by atoms with Crippen LogP contribution in [0.1, 0.15) is 24.0 Å². The van der Waals surface area contributed by atoms with Gasteiger partial charge in [-0.05, 0) is 35.4 Å². The average Bonchev–Trinajstić information content (AvgIpc) is 2.58. The SMILES string of the molecule is O=C(CCCSc1ccc(CS)cc1)OCc1ccccc1. The second-order valence-corrected chi connectivity index (χ2v) is 6.38. The number of ether oxygens (including phenoxy) is 1. The zero-order chi connectivity index (χ0) is 15.6. The summed E-state index contributed by atoms with van der Waals surface area (Å²) in [5, 5.41) is 0. The highest BCUT2D eigenvalue weighted by atomic mass is 32.2. The third-order valence-electron chi connectivity index (χ3n) is 3.14. The van der Waals surface area contributed by atoms with Gasteiger partial charge < -0.3 is 4.74 Å². The predicted molar refractivity (Wildman–Crippen MR) is 95.3 cm³/mol. The van der Waals surface area contributed by atoms with Crippen molar-refractivity contribution in [2.75, 3.05) is 5.75 Å². The van der Waals surface area contributed by atoms with Crippen molar-refractivity contribution in [3.05, 3.63) is 65.7 Å². The Labute approximate surface area is 141 Å². The lowest BCUT2D eigenvalue weighted by Gasteiger charge is -2.05. The van der Waals surface area contributed by atoms with Gasteiger partial charge in [-0.25, -0.2) is 0 Å². The van der Waals surface area contributed by atoms with Crippen LogP contribution in [0.5, 0.6) is 0 Å². The number of thioether (sulfide) groups is 1. The van der Waals surface area contributed by atoms with E-state index >= 15 is 0 Å². The Morgan fingerprint density at radius 3 is 2.41 bits per heavy atom. The van der Waals surface area contributed by atoms with E-state index in [4.69, 9.17) is 4.74 Å². The quantitative estimate of drug-likeness (QED) is 0.327. The largest absolute Gasteiger partial charge is 0.461 e. The number of hydrogen-bond acceptors (Lipinski definition) is 4. The minimum atomic E-state index is -0.130. The van der Waals surface area contributed by atoms with Crippen LogP contribution in [0.3, 0.4) is 0 Å². The molecule has 0 heterocycles. The summed E-state index contributed by atoms with van der Waals surface area (Å²) in [4.78, 5) is 12.9. The molecule has 22 heavy (non-hydrogen) atoms. The number of thiol groups is 1. The summed E-state index contributed by atoms with van der Waals surface area (Å²) >= 11 is 6.00. The summed E-state index contributed by atoms with van der Waals surface area (Å²) in [5.41, 5.74) is 2.24. The van der Waals surface area contributed by atoms with Crippen molar-refractivity contribution in [1.82, 2.24) is 0 Å². The molecule has 0 fully saturated rings. The number of carbonyl (C=O) groups excluding carboxylic acids is 1. The molecule has 0 N–H and O–H groups in total. The van der Waals surface area contributed by atoms with Crippen molar-refractivity contribution in [1.29, 1.82) is 0 Å². The van der Waals surface area contributed by atoms with E-state index in [9.17, 15) is 4.79 Å². The smallest absolute Gasteiger partial charge is 0.306 e. The molecule has 0 aliphatic carbocycles. The molecule has 116 valence electrons. The molecule has 0 aliphatic rings. The molecule has 0 amide bonds. The number of hydrogen-bond donors (Lipinski definition) is 1. The molecule has 0 radical (unpaired) electrons. The Kier molecular flexibility index (Phi) is 7.40. The van der Waals surface area contributed by atoms with Gasteiger partial charge in [-0.1, -0.05) is 42.5 Å². The summed E-state index contributed by atoms with van der Waals surface area (Å²) in [5.74, 6) is 1.55. The van der Waals surface area contributed by atoms with Crippen LogP contribution < -0.4 is 0 Å². The van der Waals surface area contributed by atoms with E-state index in [2.05, 4.69) is 36.9 Å². The van der Waals surface area contributed by atoms with Gasteiger partial charge in [0.25, 0.3) is 0 Å². The van der Waals surface area contributed by atoms with Gasteiger partial charge in [0.1, 0.15) is 6.61 Å². The van der Waals surface area contributed by atoms with Crippen LogP contribution in [0.2, 0.25) is 0 Å². The first-order chi connectivity index (χ1) is 10.8. The maximum Gasteiger partial charge on any atom is 0.306 e. The predicted octanol–water partition coefficient (Wildman–Crippen LogP) is 4.73. The van der Waals surface area contributed by atoms with Gasteiger partial charge in [0.15, 0.2) is 0 Å². The zero-order valence-corrected chi connectivity index (χ0v) is 14.1. The minimum absolute atomic E-state index is 0.130. The molecule has 0 unspecified atom stereocenters. The number of esters is 1. The standard InChI is InChI=1S/C18H20O2S2/c19-18(20-13-15-5-2-1-3-6-15)7-4-12-22-17-10-8-16(14-21)9-11-17/h1-3,5-6,8-11,21H,4,7,12-14H2. The van der Waals surface area contributed by atoms with E-state index in [0.29, 0.717) is 13.0 Å². The Balaban J connectivity index is 1.60. The number of benzene rings is 2. The minimum Gasteiger partial charge on any atom is -0.461 e.